The number of anilines is 1. The van der Waals surface area contributed by atoms with E-state index >= 15 is 0 Å². The van der Waals surface area contributed by atoms with E-state index in [4.69, 9.17) is 16.3 Å². The van der Waals surface area contributed by atoms with Crippen molar-refractivity contribution in [2.24, 2.45) is 5.92 Å². The Morgan fingerprint density at radius 2 is 2.00 bits per heavy atom. The van der Waals surface area contributed by atoms with Gasteiger partial charge in [0.15, 0.2) is 6.29 Å². The number of pyridine rings is 2. The second-order valence-corrected chi connectivity index (χ2v) is 11.8. The van der Waals surface area contributed by atoms with Gasteiger partial charge in [0.2, 0.25) is 5.91 Å². The summed E-state index contributed by atoms with van der Waals surface area (Å²) in [6, 6.07) is 9.77. The van der Waals surface area contributed by atoms with Gasteiger partial charge in [-0.05, 0) is 63.4 Å². The van der Waals surface area contributed by atoms with E-state index in [9.17, 15) is 18.8 Å². The number of nitrogens with zero attached hydrogens (tertiary/aromatic N) is 4. The summed E-state index contributed by atoms with van der Waals surface area (Å²) in [7, 11) is 0. The van der Waals surface area contributed by atoms with Crippen LogP contribution in [0.1, 0.15) is 49.5 Å². The normalized spacial score (nSPS) is 15.5. The summed E-state index contributed by atoms with van der Waals surface area (Å²) in [4.78, 5) is 47.8. The highest BCUT2D eigenvalue weighted by Gasteiger charge is 2.31. The number of hydrogen-bond acceptors (Lipinski definition) is 6. The average Bonchev–Trinajstić information content (AvgIpc) is 3.29. The fourth-order valence-electron chi connectivity index (χ4n) is 5.03. The van der Waals surface area contributed by atoms with Crippen LogP contribution < -0.4 is 5.32 Å². The van der Waals surface area contributed by atoms with E-state index in [-0.39, 0.29) is 18.3 Å². The second-order valence-electron chi connectivity index (χ2n) is 11.4. The summed E-state index contributed by atoms with van der Waals surface area (Å²) in [5.74, 6) is -0.713. The number of carbonyl (C=O) groups excluding carboxylic acids is 3. The van der Waals surface area contributed by atoms with E-state index in [2.05, 4.69) is 15.3 Å². The van der Waals surface area contributed by atoms with Gasteiger partial charge in [0.25, 0.3) is 0 Å². The molecule has 9 nitrogen and oxygen atoms in total. The van der Waals surface area contributed by atoms with Crippen LogP contribution in [0, 0.1) is 11.7 Å². The molecule has 1 N–H and O–H groups in total. The van der Waals surface area contributed by atoms with Crippen LogP contribution in [0.3, 0.4) is 0 Å². The summed E-state index contributed by atoms with van der Waals surface area (Å²) < 4.78 is 21.1. The Morgan fingerprint density at radius 3 is 2.74 bits per heavy atom. The lowest BCUT2D eigenvalue weighted by atomic mass is 9.97. The number of aldehydes is 1. The van der Waals surface area contributed by atoms with E-state index in [1.165, 1.54) is 18.3 Å². The molecule has 0 saturated carbocycles. The first-order valence-electron chi connectivity index (χ1n) is 13.6. The number of amides is 2. The molecule has 0 bridgehead atoms. The van der Waals surface area contributed by atoms with Gasteiger partial charge in [-0.3, -0.25) is 14.6 Å². The van der Waals surface area contributed by atoms with Crippen LogP contribution in [0.5, 0.6) is 0 Å². The van der Waals surface area contributed by atoms with Gasteiger partial charge >= 0.3 is 6.09 Å². The highest BCUT2D eigenvalue weighted by atomic mass is 35.5. The summed E-state index contributed by atoms with van der Waals surface area (Å²) in [6.45, 7) is 6.53. The fraction of sp³-hybridized carbons (Fsp3) is 0.323. The molecule has 42 heavy (non-hydrogen) atoms. The predicted octanol–water partition coefficient (Wildman–Crippen LogP) is 6.34. The number of aromatic nitrogens is 3. The summed E-state index contributed by atoms with van der Waals surface area (Å²) in [5.41, 5.74) is 2.93. The van der Waals surface area contributed by atoms with Crippen molar-refractivity contribution >= 4 is 46.7 Å². The molecule has 3 aromatic heterocycles. The molecule has 1 atom stereocenters. The van der Waals surface area contributed by atoms with Crippen molar-refractivity contribution in [2.75, 3.05) is 18.4 Å². The van der Waals surface area contributed by atoms with Crippen molar-refractivity contribution in [3.8, 4) is 11.1 Å². The van der Waals surface area contributed by atoms with Gasteiger partial charge in [0, 0.05) is 49.4 Å². The van der Waals surface area contributed by atoms with Gasteiger partial charge in [0.1, 0.15) is 17.2 Å². The Morgan fingerprint density at radius 1 is 1.19 bits per heavy atom. The number of rotatable bonds is 6. The summed E-state index contributed by atoms with van der Waals surface area (Å²) >= 11 is 6.53. The monoisotopic (exact) mass is 591 g/mol. The fourth-order valence-corrected chi connectivity index (χ4v) is 5.24. The zero-order valence-electron chi connectivity index (χ0n) is 23.6. The average molecular weight is 592 g/mol. The van der Waals surface area contributed by atoms with Gasteiger partial charge < -0.3 is 19.5 Å². The van der Waals surface area contributed by atoms with Crippen LogP contribution in [0.25, 0.3) is 22.2 Å². The zero-order chi connectivity index (χ0) is 30.0. The molecule has 1 saturated heterocycles. The largest absolute Gasteiger partial charge is 0.444 e. The van der Waals surface area contributed by atoms with Crippen LogP contribution >= 0.6 is 11.6 Å². The molecule has 0 spiro atoms. The number of fused-ring (bicyclic) bond motifs is 1. The number of carbonyl (C=O) groups is 3. The Labute approximate surface area is 247 Å². The molecule has 2 amide bonds. The van der Waals surface area contributed by atoms with E-state index in [0.717, 1.165) is 11.8 Å². The topological polar surface area (TPSA) is 106 Å². The quantitative estimate of drug-likeness (QED) is 0.262. The minimum atomic E-state index is -0.621. The van der Waals surface area contributed by atoms with Crippen molar-refractivity contribution in [1.82, 2.24) is 19.4 Å². The number of piperidine rings is 1. The molecule has 0 radical (unpaired) electrons. The van der Waals surface area contributed by atoms with E-state index in [1.807, 2.05) is 10.6 Å². The number of benzene rings is 1. The smallest absolute Gasteiger partial charge is 0.410 e. The van der Waals surface area contributed by atoms with Gasteiger partial charge in [-0.15, -0.1) is 0 Å². The first-order valence-corrected chi connectivity index (χ1v) is 14.0. The Balaban J connectivity index is 1.38. The standard InChI is InChI=1S/C31H31ClFN5O4/c1-31(2,3)42-30(41)37-9-5-7-20(16-37)29(40)36-27-12-24(25(32)14-34-27)21-11-26-28(35-13-21)22(18-39)17-38(26)15-19-6-4-8-23(33)10-19/h4,6,8,10-14,17-18,20H,5,7,9,15-16H2,1-3H3,(H,34,36,40)/t20-/m1/s1. The maximum atomic E-state index is 13.8. The molecular formula is C31H31ClFN5O4. The van der Waals surface area contributed by atoms with E-state index in [0.29, 0.717) is 64.5 Å². The van der Waals surface area contributed by atoms with Crippen molar-refractivity contribution < 1.29 is 23.5 Å². The van der Waals surface area contributed by atoms with Crippen molar-refractivity contribution in [3.63, 3.8) is 0 Å². The molecule has 218 valence electrons. The van der Waals surface area contributed by atoms with Crippen LogP contribution in [-0.2, 0) is 16.1 Å². The van der Waals surface area contributed by atoms with Crippen molar-refractivity contribution in [3.05, 3.63) is 77.0 Å². The lowest BCUT2D eigenvalue weighted by molar-refractivity contribution is -0.121. The minimum absolute atomic E-state index is 0.253. The number of likely N-dealkylation sites (tertiary alicyclic amines) is 1. The molecule has 1 aliphatic rings. The molecule has 1 aromatic carbocycles. The maximum absolute atomic E-state index is 13.8. The van der Waals surface area contributed by atoms with Crippen LogP contribution in [-0.4, -0.2) is 56.4 Å². The van der Waals surface area contributed by atoms with Crippen molar-refractivity contribution in [1.29, 1.82) is 0 Å². The number of ether oxygens (including phenoxy) is 1. The van der Waals surface area contributed by atoms with Crippen LogP contribution in [0.2, 0.25) is 5.02 Å². The Kier molecular flexibility index (Phi) is 8.27. The number of halogens is 2. The molecule has 1 fully saturated rings. The first-order chi connectivity index (χ1) is 20.0. The summed E-state index contributed by atoms with van der Waals surface area (Å²) in [6.07, 6.45) is 6.36. The van der Waals surface area contributed by atoms with Gasteiger partial charge in [-0.2, -0.15) is 0 Å². The molecular weight excluding hydrogens is 561 g/mol. The van der Waals surface area contributed by atoms with Crippen LogP contribution in [0.4, 0.5) is 15.0 Å². The summed E-state index contributed by atoms with van der Waals surface area (Å²) in [5, 5.41) is 3.21. The maximum Gasteiger partial charge on any atom is 0.410 e. The zero-order valence-corrected chi connectivity index (χ0v) is 24.3. The second kappa shape index (κ2) is 11.9. The number of nitrogens with one attached hydrogen (secondary N) is 1. The predicted molar refractivity (Wildman–Crippen MR) is 158 cm³/mol. The SMILES string of the molecule is CC(C)(C)OC(=O)N1CCC[C@@H](C(=O)Nc2cc(-c3cnc4c(C=O)cn(Cc5cccc(F)c5)c4c3)c(Cl)cn2)C1. The lowest BCUT2D eigenvalue weighted by Crippen LogP contribution is -2.45. The molecule has 5 rings (SSSR count). The number of hydrogen-bond donors (Lipinski definition) is 1. The molecule has 1 aliphatic heterocycles. The first kappa shape index (κ1) is 29.2. The third kappa shape index (κ3) is 6.60. The molecule has 0 aliphatic carbocycles. The molecule has 4 heterocycles. The Bertz CT molecular complexity index is 1670. The molecule has 11 heteroatoms. The highest BCUT2D eigenvalue weighted by molar-refractivity contribution is 6.33. The molecule has 0 unspecified atom stereocenters. The Hall–Kier alpha value is -4.31. The molecule has 4 aromatic rings. The van der Waals surface area contributed by atoms with Crippen LogP contribution in [0.15, 0.2) is 55.0 Å². The highest BCUT2D eigenvalue weighted by Crippen LogP contribution is 2.32. The van der Waals surface area contributed by atoms with E-state index in [1.54, 1.807) is 56.3 Å². The third-order valence-corrected chi connectivity index (χ3v) is 7.28. The lowest BCUT2D eigenvalue weighted by Gasteiger charge is -2.33. The van der Waals surface area contributed by atoms with Gasteiger partial charge in [-0.1, -0.05) is 23.7 Å². The van der Waals surface area contributed by atoms with E-state index < -0.39 is 17.6 Å². The van der Waals surface area contributed by atoms with Gasteiger partial charge in [0.05, 0.1) is 27.5 Å². The minimum Gasteiger partial charge on any atom is -0.444 e. The third-order valence-electron chi connectivity index (χ3n) is 6.98. The van der Waals surface area contributed by atoms with Crippen molar-refractivity contribution in [2.45, 2.75) is 45.8 Å². The van der Waals surface area contributed by atoms with Gasteiger partial charge in [-0.25, -0.2) is 14.2 Å².